The van der Waals surface area contributed by atoms with Crippen LogP contribution in [0.25, 0.3) is 6.08 Å². The van der Waals surface area contributed by atoms with Crippen molar-refractivity contribution < 1.29 is 21.6 Å². The van der Waals surface area contributed by atoms with Gasteiger partial charge in [-0.1, -0.05) is 54.6 Å². The number of sulfonamides is 1. The summed E-state index contributed by atoms with van der Waals surface area (Å²) in [6.07, 6.45) is 3.51. The van der Waals surface area contributed by atoms with Gasteiger partial charge in [0.1, 0.15) is 0 Å². The van der Waals surface area contributed by atoms with E-state index in [1.165, 1.54) is 28.6 Å². The molecule has 0 amide bonds. The van der Waals surface area contributed by atoms with Crippen LogP contribution >= 0.6 is 0 Å². The van der Waals surface area contributed by atoms with Crippen LogP contribution in [0.15, 0.2) is 90.0 Å². The van der Waals surface area contributed by atoms with E-state index in [1.807, 2.05) is 6.92 Å². The molecule has 0 aliphatic carbocycles. The maximum absolute atomic E-state index is 12.9. The SMILES string of the molecule is C=C/C=C/CN(CC=C=Cc1ccc(C(F)(F)F)cc1)S(=O)(=O)c1ccc(C)cc1. The number of hydrogen-bond donors (Lipinski definition) is 0. The van der Waals surface area contributed by atoms with Crippen LogP contribution in [0, 0.1) is 6.92 Å². The van der Waals surface area contributed by atoms with Crippen molar-refractivity contribution >= 4 is 16.1 Å². The third-order valence-corrected chi connectivity index (χ3v) is 5.99. The Morgan fingerprint density at radius 3 is 2.23 bits per heavy atom. The minimum atomic E-state index is -4.39. The van der Waals surface area contributed by atoms with E-state index in [4.69, 9.17) is 0 Å². The van der Waals surface area contributed by atoms with E-state index in [0.29, 0.717) is 5.56 Å². The number of hydrogen-bond acceptors (Lipinski definition) is 2. The second-order valence-electron chi connectivity index (χ2n) is 6.43. The number of benzene rings is 2. The standard InChI is InChI=1S/C23H22F3NO2S/c1-3-4-6-17-27(30(28,29)22-15-9-19(2)10-16-22)18-7-5-8-20-11-13-21(14-12-20)23(24,25)26/h3-4,6-16H,1,17-18H2,2H3/b6-4+. The van der Waals surface area contributed by atoms with Crippen LogP contribution in [0.5, 0.6) is 0 Å². The van der Waals surface area contributed by atoms with Crippen LogP contribution < -0.4 is 0 Å². The smallest absolute Gasteiger partial charge is 0.207 e. The first-order valence-corrected chi connectivity index (χ1v) is 10.5. The summed E-state index contributed by atoms with van der Waals surface area (Å²) in [6.45, 7) is 5.63. The van der Waals surface area contributed by atoms with E-state index in [0.717, 1.165) is 17.7 Å². The molecule has 158 valence electrons. The Morgan fingerprint density at radius 1 is 1.03 bits per heavy atom. The molecule has 0 fully saturated rings. The van der Waals surface area contributed by atoms with Gasteiger partial charge in [0.05, 0.1) is 10.5 Å². The van der Waals surface area contributed by atoms with Crippen molar-refractivity contribution in [2.45, 2.75) is 18.0 Å². The van der Waals surface area contributed by atoms with E-state index in [1.54, 1.807) is 42.5 Å². The van der Waals surface area contributed by atoms with Crippen LogP contribution in [0.4, 0.5) is 13.2 Å². The highest BCUT2D eigenvalue weighted by Gasteiger charge is 2.29. The number of aryl methyl sites for hydroxylation is 1. The van der Waals surface area contributed by atoms with Gasteiger partial charge in [0.15, 0.2) is 0 Å². The zero-order valence-corrected chi connectivity index (χ0v) is 17.2. The summed E-state index contributed by atoms with van der Waals surface area (Å²) in [5, 5.41) is 0. The maximum Gasteiger partial charge on any atom is 0.416 e. The fourth-order valence-corrected chi connectivity index (χ4v) is 3.81. The molecule has 0 radical (unpaired) electrons. The van der Waals surface area contributed by atoms with Crippen LogP contribution in [-0.2, 0) is 16.2 Å². The minimum absolute atomic E-state index is 0.0504. The Balaban J connectivity index is 2.20. The summed E-state index contributed by atoms with van der Waals surface area (Å²) < 4.78 is 65.0. The number of nitrogens with zero attached hydrogens (tertiary/aromatic N) is 1. The molecule has 0 N–H and O–H groups in total. The Morgan fingerprint density at radius 2 is 1.67 bits per heavy atom. The van der Waals surface area contributed by atoms with Gasteiger partial charge in [0, 0.05) is 13.1 Å². The largest absolute Gasteiger partial charge is 0.416 e. The van der Waals surface area contributed by atoms with E-state index in [-0.39, 0.29) is 18.0 Å². The number of alkyl halides is 3. The minimum Gasteiger partial charge on any atom is -0.207 e. The van der Waals surface area contributed by atoms with Gasteiger partial charge in [-0.2, -0.15) is 17.5 Å². The summed E-state index contributed by atoms with van der Waals surface area (Å²) in [5.41, 5.74) is 3.58. The summed E-state index contributed by atoms with van der Waals surface area (Å²) >= 11 is 0. The molecule has 0 aromatic heterocycles. The quantitative estimate of drug-likeness (QED) is 0.401. The Bertz CT molecular complexity index is 1050. The number of halogens is 3. The van der Waals surface area contributed by atoms with Gasteiger partial charge >= 0.3 is 6.18 Å². The maximum atomic E-state index is 12.9. The lowest BCUT2D eigenvalue weighted by molar-refractivity contribution is -0.137. The molecule has 7 heteroatoms. The third kappa shape index (κ3) is 6.59. The van der Waals surface area contributed by atoms with Gasteiger partial charge in [-0.3, -0.25) is 0 Å². The van der Waals surface area contributed by atoms with E-state index < -0.39 is 21.8 Å². The first-order valence-electron chi connectivity index (χ1n) is 9.07. The molecular weight excluding hydrogens is 411 g/mol. The highest BCUT2D eigenvalue weighted by Crippen LogP contribution is 2.29. The van der Waals surface area contributed by atoms with Gasteiger partial charge in [-0.05, 0) is 48.9 Å². The topological polar surface area (TPSA) is 37.4 Å². The molecule has 2 aromatic rings. The van der Waals surface area contributed by atoms with Gasteiger partial charge in [-0.15, -0.1) is 5.73 Å². The Labute approximate surface area is 175 Å². The molecule has 2 aromatic carbocycles. The lowest BCUT2D eigenvalue weighted by Crippen LogP contribution is -2.31. The average Bonchev–Trinajstić information content (AvgIpc) is 2.69. The summed E-state index contributed by atoms with van der Waals surface area (Å²) in [4.78, 5) is 0.181. The van der Waals surface area contributed by atoms with Gasteiger partial charge in [0.25, 0.3) is 0 Å². The van der Waals surface area contributed by atoms with Crippen LogP contribution in [0.3, 0.4) is 0 Å². The zero-order valence-electron chi connectivity index (χ0n) is 16.4. The molecule has 0 bridgehead atoms. The zero-order chi connectivity index (χ0) is 22.2. The second kappa shape index (κ2) is 10.3. The van der Waals surface area contributed by atoms with Crippen LogP contribution in [0.1, 0.15) is 16.7 Å². The number of allylic oxidation sites excluding steroid dienone is 2. The average molecular weight is 433 g/mol. The van der Waals surface area contributed by atoms with Crippen LogP contribution in [0.2, 0.25) is 0 Å². The molecule has 0 heterocycles. The molecule has 2 rings (SSSR count). The van der Waals surface area contributed by atoms with E-state index in [2.05, 4.69) is 12.3 Å². The van der Waals surface area contributed by atoms with Crippen LogP contribution in [-0.4, -0.2) is 25.8 Å². The first-order chi connectivity index (χ1) is 14.1. The highest BCUT2D eigenvalue weighted by molar-refractivity contribution is 7.89. The molecule has 0 spiro atoms. The lowest BCUT2D eigenvalue weighted by atomic mass is 10.1. The normalized spacial score (nSPS) is 12.0. The van der Waals surface area contributed by atoms with Crippen molar-refractivity contribution in [1.29, 1.82) is 0 Å². The Kier molecular flexibility index (Phi) is 8.00. The van der Waals surface area contributed by atoms with E-state index in [9.17, 15) is 21.6 Å². The molecule has 3 nitrogen and oxygen atoms in total. The highest BCUT2D eigenvalue weighted by atomic mass is 32.2. The molecule has 30 heavy (non-hydrogen) atoms. The predicted octanol–water partition coefficient (Wildman–Crippen LogP) is 5.62. The predicted molar refractivity (Wildman–Crippen MR) is 113 cm³/mol. The van der Waals surface area contributed by atoms with Gasteiger partial charge in [0.2, 0.25) is 10.0 Å². The molecule has 0 atom stereocenters. The van der Waals surface area contributed by atoms with Gasteiger partial charge in [-0.25, -0.2) is 8.42 Å². The van der Waals surface area contributed by atoms with Crippen molar-refractivity contribution in [2.75, 3.05) is 13.1 Å². The fourth-order valence-electron chi connectivity index (χ4n) is 2.48. The molecule has 0 saturated carbocycles. The Hall–Kier alpha value is -2.86. The molecule has 0 aliphatic heterocycles. The molecular formula is C23H22F3NO2S. The first kappa shape index (κ1) is 23.4. The molecule has 0 aliphatic rings. The monoisotopic (exact) mass is 433 g/mol. The third-order valence-electron chi connectivity index (χ3n) is 4.14. The summed E-state index contributed by atoms with van der Waals surface area (Å²) in [5.74, 6) is 0. The van der Waals surface area contributed by atoms with Crippen molar-refractivity contribution in [2.24, 2.45) is 0 Å². The van der Waals surface area contributed by atoms with Gasteiger partial charge < -0.3 is 0 Å². The van der Waals surface area contributed by atoms with Crippen molar-refractivity contribution in [3.05, 3.63) is 102 Å². The molecule has 0 unspecified atom stereocenters. The lowest BCUT2D eigenvalue weighted by Gasteiger charge is -2.19. The number of rotatable bonds is 8. The second-order valence-corrected chi connectivity index (χ2v) is 8.37. The van der Waals surface area contributed by atoms with E-state index >= 15 is 0 Å². The van der Waals surface area contributed by atoms with Crippen molar-refractivity contribution in [3.63, 3.8) is 0 Å². The molecule has 0 saturated heterocycles. The van der Waals surface area contributed by atoms with Crippen molar-refractivity contribution in [1.82, 2.24) is 4.31 Å². The summed E-state index contributed by atoms with van der Waals surface area (Å²) in [6, 6.07) is 11.2. The summed E-state index contributed by atoms with van der Waals surface area (Å²) in [7, 11) is -3.73. The fraction of sp³-hybridized carbons (Fsp3) is 0.174. The van der Waals surface area contributed by atoms with Crippen molar-refractivity contribution in [3.8, 4) is 0 Å².